The maximum atomic E-state index is 11.3. The van der Waals surface area contributed by atoms with E-state index in [1.807, 2.05) is 0 Å². The van der Waals surface area contributed by atoms with Gasteiger partial charge in [0.15, 0.2) is 0 Å². The van der Waals surface area contributed by atoms with Crippen molar-refractivity contribution >= 4 is 5.78 Å². The lowest BCUT2D eigenvalue weighted by Crippen LogP contribution is -2.20. The molecule has 0 saturated heterocycles. The Kier molecular flexibility index (Phi) is 4.50. The van der Waals surface area contributed by atoms with Gasteiger partial charge in [0.05, 0.1) is 0 Å². The molecule has 0 N–H and O–H groups in total. The highest BCUT2D eigenvalue weighted by Crippen LogP contribution is 2.29. The van der Waals surface area contributed by atoms with Gasteiger partial charge in [-0.3, -0.25) is 4.79 Å². The summed E-state index contributed by atoms with van der Waals surface area (Å²) in [7, 11) is 0. The van der Waals surface area contributed by atoms with E-state index >= 15 is 0 Å². The zero-order chi connectivity index (χ0) is 13.1. The molecule has 1 heteroatoms. The number of carbonyl (C=O) groups is 1. The van der Waals surface area contributed by atoms with Crippen LogP contribution in [0.25, 0.3) is 0 Å². The number of ketones is 1. The fourth-order valence-electron chi connectivity index (χ4n) is 2.22. The largest absolute Gasteiger partial charge is 0.300 e. The van der Waals surface area contributed by atoms with Crippen molar-refractivity contribution in [2.24, 2.45) is 0 Å². The third kappa shape index (κ3) is 3.69. The third-order valence-corrected chi connectivity index (χ3v) is 3.56. The third-order valence-electron chi connectivity index (χ3n) is 3.56. The predicted molar refractivity (Wildman–Crippen MR) is 73.5 cm³/mol. The molecule has 1 nitrogen and oxygen atoms in total. The first-order chi connectivity index (χ1) is 7.86. The van der Waals surface area contributed by atoms with Crippen LogP contribution in [0.5, 0.6) is 0 Å². The van der Waals surface area contributed by atoms with E-state index in [0.29, 0.717) is 12.3 Å². The fourth-order valence-corrected chi connectivity index (χ4v) is 2.22. The first-order valence-corrected chi connectivity index (χ1v) is 6.46. The van der Waals surface area contributed by atoms with Gasteiger partial charge in [0.1, 0.15) is 5.78 Å². The van der Waals surface area contributed by atoms with Crippen molar-refractivity contribution < 1.29 is 4.79 Å². The zero-order valence-electron chi connectivity index (χ0n) is 11.7. The van der Waals surface area contributed by atoms with Gasteiger partial charge in [0, 0.05) is 6.42 Å². The summed E-state index contributed by atoms with van der Waals surface area (Å²) in [4.78, 5) is 11.3. The average molecular weight is 232 g/mol. The average Bonchev–Trinajstić information content (AvgIpc) is 2.26. The Bertz CT molecular complexity index is 373. The maximum Gasteiger partial charge on any atom is 0.130 e. The van der Waals surface area contributed by atoms with Crippen molar-refractivity contribution in [3.8, 4) is 0 Å². The van der Waals surface area contributed by atoms with Crippen molar-refractivity contribution in [1.82, 2.24) is 0 Å². The van der Waals surface area contributed by atoms with E-state index in [4.69, 9.17) is 0 Å². The number of benzene rings is 1. The molecule has 0 aliphatic carbocycles. The molecule has 0 bridgehead atoms. The molecule has 0 fully saturated rings. The van der Waals surface area contributed by atoms with E-state index in [9.17, 15) is 4.79 Å². The maximum absolute atomic E-state index is 11.3. The molecular weight excluding hydrogens is 208 g/mol. The van der Waals surface area contributed by atoms with Crippen molar-refractivity contribution in [3.63, 3.8) is 0 Å². The van der Waals surface area contributed by atoms with Crippen LogP contribution in [0.3, 0.4) is 0 Å². The van der Waals surface area contributed by atoms with Gasteiger partial charge in [-0.1, -0.05) is 52.0 Å². The normalized spacial score (nSPS) is 13.5. The number of carbonyl (C=O) groups excluding carboxylic acids is 1. The van der Waals surface area contributed by atoms with Gasteiger partial charge in [-0.25, -0.2) is 0 Å². The van der Waals surface area contributed by atoms with Gasteiger partial charge >= 0.3 is 0 Å². The van der Waals surface area contributed by atoms with Crippen LogP contribution >= 0.6 is 0 Å². The molecule has 1 unspecified atom stereocenters. The lowest BCUT2D eigenvalue weighted by molar-refractivity contribution is -0.118. The van der Waals surface area contributed by atoms with Gasteiger partial charge in [0.2, 0.25) is 0 Å². The summed E-state index contributed by atoms with van der Waals surface area (Å²) in [5.41, 5.74) is 2.58. The van der Waals surface area contributed by atoms with E-state index < -0.39 is 0 Å². The Labute approximate surface area is 105 Å². The number of hydrogen-bond acceptors (Lipinski definition) is 1. The van der Waals surface area contributed by atoms with E-state index in [1.54, 1.807) is 6.92 Å². The van der Waals surface area contributed by atoms with Crippen LogP contribution in [0.15, 0.2) is 24.3 Å². The van der Waals surface area contributed by atoms with Crippen LogP contribution in [-0.2, 0) is 10.2 Å². The number of Topliss-reactive ketones (excluding diaryl/α,β-unsaturated/α-hetero) is 1. The molecule has 0 heterocycles. The zero-order valence-corrected chi connectivity index (χ0v) is 11.7. The molecule has 1 atom stereocenters. The topological polar surface area (TPSA) is 17.1 Å². The molecule has 1 aromatic rings. The van der Waals surface area contributed by atoms with Crippen LogP contribution in [-0.4, -0.2) is 5.78 Å². The first-order valence-electron chi connectivity index (χ1n) is 6.46. The molecule has 1 aromatic carbocycles. The summed E-state index contributed by atoms with van der Waals surface area (Å²) >= 11 is 0. The van der Waals surface area contributed by atoms with Gasteiger partial charge < -0.3 is 0 Å². The SMILES string of the molecule is CCC(C)c1ccc(C(C)(C)CC(C)=O)cc1. The highest BCUT2D eigenvalue weighted by atomic mass is 16.1. The standard InChI is InChI=1S/C16H24O/c1-6-12(2)14-7-9-15(10-8-14)16(4,5)11-13(3)17/h7-10,12H,6,11H2,1-5H3. The van der Waals surface area contributed by atoms with Crippen molar-refractivity contribution in [3.05, 3.63) is 35.4 Å². The summed E-state index contributed by atoms with van der Waals surface area (Å²) < 4.78 is 0. The van der Waals surface area contributed by atoms with Gasteiger partial charge in [-0.2, -0.15) is 0 Å². The van der Waals surface area contributed by atoms with E-state index in [2.05, 4.69) is 52.0 Å². The van der Waals surface area contributed by atoms with E-state index in [-0.39, 0.29) is 11.2 Å². The quantitative estimate of drug-likeness (QED) is 0.732. The second kappa shape index (κ2) is 5.48. The highest BCUT2D eigenvalue weighted by molar-refractivity contribution is 5.77. The first kappa shape index (κ1) is 14.0. The van der Waals surface area contributed by atoms with Crippen LogP contribution in [0.1, 0.15) is 64.5 Å². The van der Waals surface area contributed by atoms with E-state index in [1.165, 1.54) is 11.1 Å². The molecular formula is C16H24O. The van der Waals surface area contributed by atoms with Crippen LogP contribution in [0.4, 0.5) is 0 Å². The highest BCUT2D eigenvalue weighted by Gasteiger charge is 2.22. The Morgan fingerprint density at radius 3 is 2.18 bits per heavy atom. The fraction of sp³-hybridized carbons (Fsp3) is 0.562. The summed E-state index contributed by atoms with van der Waals surface area (Å²) in [6.07, 6.45) is 1.77. The van der Waals surface area contributed by atoms with E-state index in [0.717, 1.165) is 6.42 Å². The second-order valence-electron chi connectivity index (χ2n) is 5.69. The summed E-state index contributed by atoms with van der Waals surface area (Å²) in [6, 6.07) is 8.74. The monoisotopic (exact) mass is 232 g/mol. The molecule has 0 amide bonds. The minimum absolute atomic E-state index is 0.0557. The summed E-state index contributed by atoms with van der Waals surface area (Å²) in [5.74, 6) is 0.862. The molecule has 0 radical (unpaired) electrons. The van der Waals surface area contributed by atoms with Gasteiger partial charge in [-0.15, -0.1) is 0 Å². The van der Waals surface area contributed by atoms with Crippen LogP contribution in [0.2, 0.25) is 0 Å². The van der Waals surface area contributed by atoms with Crippen molar-refractivity contribution in [1.29, 1.82) is 0 Å². The smallest absolute Gasteiger partial charge is 0.130 e. The van der Waals surface area contributed by atoms with Crippen molar-refractivity contribution in [2.75, 3.05) is 0 Å². The predicted octanol–water partition coefficient (Wildman–Crippen LogP) is 4.46. The van der Waals surface area contributed by atoms with Gasteiger partial charge in [-0.05, 0) is 35.8 Å². The Morgan fingerprint density at radius 1 is 1.24 bits per heavy atom. The van der Waals surface area contributed by atoms with Crippen molar-refractivity contribution in [2.45, 2.75) is 58.8 Å². The summed E-state index contributed by atoms with van der Waals surface area (Å²) in [6.45, 7) is 10.4. The Balaban J connectivity index is 2.90. The minimum Gasteiger partial charge on any atom is -0.300 e. The Morgan fingerprint density at radius 2 is 1.76 bits per heavy atom. The molecule has 0 aromatic heterocycles. The van der Waals surface area contributed by atoms with Crippen LogP contribution in [0, 0.1) is 0 Å². The second-order valence-corrected chi connectivity index (χ2v) is 5.69. The number of rotatable bonds is 5. The Hall–Kier alpha value is -1.11. The lowest BCUT2D eigenvalue weighted by atomic mass is 9.79. The summed E-state index contributed by atoms with van der Waals surface area (Å²) in [5, 5.41) is 0. The molecule has 17 heavy (non-hydrogen) atoms. The molecule has 0 aliphatic heterocycles. The van der Waals surface area contributed by atoms with Gasteiger partial charge in [0.25, 0.3) is 0 Å². The minimum atomic E-state index is -0.0557. The molecule has 0 saturated carbocycles. The molecule has 1 rings (SSSR count). The number of hydrogen-bond donors (Lipinski definition) is 0. The molecule has 94 valence electrons. The van der Waals surface area contributed by atoms with Crippen LogP contribution < -0.4 is 0 Å². The molecule has 0 spiro atoms. The lowest BCUT2D eigenvalue weighted by Gasteiger charge is -2.24. The molecule has 0 aliphatic rings.